The van der Waals surface area contributed by atoms with E-state index in [0.29, 0.717) is 13.2 Å². The second-order valence-electron chi connectivity index (χ2n) is 3.05. The molecular weight excluding hydrogens is 176 g/mol. The van der Waals surface area contributed by atoms with Gasteiger partial charge in [-0.2, -0.15) is 0 Å². The molecule has 1 aromatic rings. The Morgan fingerprint density at radius 2 is 1.93 bits per heavy atom. The van der Waals surface area contributed by atoms with Crippen LogP contribution in [-0.2, 0) is 4.74 Å². The summed E-state index contributed by atoms with van der Waals surface area (Å²) in [6.07, 6.45) is 2.30. The Balaban J connectivity index is 1.99. The molecule has 14 heavy (non-hydrogen) atoms. The predicted molar refractivity (Wildman–Crippen MR) is 56.5 cm³/mol. The molecule has 0 saturated carbocycles. The van der Waals surface area contributed by atoms with Crippen LogP contribution in [0.1, 0.15) is 19.8 Å². The van der Waals surface area contributed by atoms with Crippen LogP contribution in [0.15, 0.2) is 24.3 Å². The van der Waals surface area contributed by atoms with Gasteiger partial charge in [-0.25, -0.2) is 0 Å². The smallest absolute Gasteiger partial charge is 0.119 e. The molecule has 0 aliphatic carbocycles. The van der Waals surface area contributed by atoms with Crippen LogP contribution in [0.3, 0.4) is 0 Å². The van der Waals surface area contributed by atoms with Crippen LogP contribution < -0.4 is 4.74 Å². The highest BCUT2D eigenvalue weighted by Gasteiger charge is 1.91. The third-order valence-electron chi connectivity index (χ3n) is 1.83. The molecular formula is C12H17O2. The number of unbranched alkanes of at least 4 members (excludes halogenated alkanes) is 1. The van der Waals surface area contributed by atoms with Crippen molar-refractivity contribution in [2.24, 2.45) is 0 Å². The number of ether oxygens (including phenoxy) is 2. The number of rotatable bonds is 7. The molecule has 0 aromatic heterocycles. The molecule has 0 aliphatic rings. The van der Waals surface area contributed by atoms with E-state index in [-0.39, 0.29) is 0 Å². The van der Waals surface area contributed by atoms with Gasteiger partial charge in [0.2, 0.25) is 0 Å². The van der Waals surface area contributed by atoms with E-state index in [9.17, 15) is 0 Å². The molecule has 0 aliphatic heterocycles. The lowest BCUT2D eigenvalue weighted by atomic mass is 10.3. The van der Waals surface area contributed by atoms with Gasteiger partial charge in [-0.05, 0) is 24.6 Å². The average molecular weight is 193 g/mol. The van der Waals surface area contributed by atoms with Gasteiger partial charge in [0.25, 0.3) is 0 Å². The zero-order valence-electron chi connectivity index (χ0n) is 8.66. The molecule has 2 heteroatoms. The molecule has 2 nitrogen and oxygen atoms in total. The van der Waals surface area contributed by atoms with E-state index in [1.54, 1.807) is 0 Å². The number of benzene rings is 1. The van der Waals surface area contributed by atoms with Crippen molar-refractivity contribution in [2.75, 3.05) is 19.8 Å². The van der Waals surface area contributed by atoms with Gasteiger partial charge < -0.3 is 9.47 Å². The molecule has 0 spiro atoms. The topological polar surface area (TPSA) is 18.5 Å². The second kappa shape index (κ2) is 7.39. The molecule has 0 unspecified atom stereocenters. The van der Waals surface area contributed by atoms with Crippen LogP contribution in [-0.4, -0.2) is 19.8 Å². The van der Waals surface area contributed by atoms with Crippen molar-refractivity contribution in [1.29, 1.82) is 0 Å². The first-order valence-corrected chi connectivity index (χ1v) is 5.10. The summed E-state index contributed by atoms with van der Waals surface area (Å²) in [6.45, 7) is 4.27. The largest absolute Gasteiger partial charge is 0.491 e. The van der Waals surface area contributed by atoms with Gasteiger partial charge in [-0.3, -0.25) is 0 Å². The van der Waals surface area contributed by atoms with Crippen LogP contribution in [0.5, 0.6) is 5.75 Å². The lowest BCUT2D eigenvalue weighted by Gasteiger charge is -2.06. The molecule has 0 saturated heterocycles. The highest BCUT2D eigenvalue weighted by molar-refractivity contribution is 5.20. The van der Waals surface area contributed by atoms with Crippen molar-refractivity contribution in [2.45, 2.75) is 19.8 Å². The Morgan fingerprint density at radius 3 is 2.64 bits per heavy atom. The molecule has 0 amide bonds. The third-order valence-corrected chi connectivity index (χ3v) is 1.83. The molecule has 0 N–H and O–H groups in total. The summed E-state index contributed by atoms with van der Waals surface area (Å²) in [5, 5.41) is 0. The fourth-order valence-corrected chi connectivity index (χ4v) is 1.03. The summed E-state index contributed by atoms with van der Waals surface area (Å²) in [5.41, 5.74) is 0. The SMILES string of the molecule is CCCCOCCOc1cc[c]cc1. The second-order valence-corrected chi connectivity index (χ2v) is 3.05. The lowest BCUT2D eigenvalue weighted by molar-refractivity contribution is 0.0980. The minimum Gasteiger partial charge on any atom is -0.491 e. The van der Waals surface area contributed by atoms with Crippen LogP contribution in [0, 0.1) is 6.07 Å². The zero-order valence-corrected chi connectivity index (χ0v) is 8.66. The molecule has 1 aromatic carbocycles. The summed E-state index contributed by atoms with van der Waals surface area (Å²) in [4.78, 5) is 0. The molecule has 0 heterocycles. The van der Waals surface area contributed by atoms with Crippen molar-refractivity contribution >= 4 is 0 Å². The number of hydrogen-bond donors (Lipinski definition) is 0. The summed E-state index contributed by atoms with van der Waals surface area (Å²) >= 11 is 0. The van der Waals surface area contributed by atoms with Crippen LogP contribution >= 0.6 is 0 Å². The quantitative estimate of drug-likeness (QED) is 0.620. The van der Waals surface area contributed by atoms with Crippen LogP contribution in [0.25, 0.3) is 0 Å². The summed E-state index contributed by atoms with van der Waals surface area (Å²) in [7, 11) is 0. The van der Waals surface area contributed by atoms with Gasteiger partial charge in [0, 0.05) is 6.61 Å². The monoisotopic (exact) mass is 193 g/mol. The fraction of sp³-hybridized carbons (Fsp3) is 0.500. The van der Waals surface area contributed by atoms with Crippen LogP contribution in [0.4, 0.5) is 0 Å². The third kappa shape index (κ3) is 4.87. The highest BCUT2D eigenvalue weighted by Crippen LogP contribution is 2.07. The maximum atomic E-state index is 5.44. The summed E-state index contributed by atoms with van der Waals surface area (Å²) < 4.78 is 10.8. The first-order chi connectivity index (χ1) is 6.93. The Morgan fingerprint density at radius 1 is 1.14 bits per heavy atom. The molecule has 0 atom stereocenters. The Hall–Kier alpha value is -1.02. The average Bonchev–Trinajstić information content (AvgIpc) is 2.25. The van der Waals surface area contributed by atoms with Crippen molar-refractivity contribution in [3.63, 3.8) is 0 Å². The molecule has 0 bridgehead atoms. The number of hydrogen-bond acceptors (Lipinski definition) is 2. The highest BCUT2D eigenvalue weighted by atomic mass is 16.5. The van der Waals surface area contributed by atoms with E-state index in [1.807, 2.05) is 24.3 Å². The van der Waals surface area contributed by atoms with Gasteiger partial charge in [0.15, 0.2) is 0 Å². The van der Waals surface area contributed by atoms with Gasteiger partial charge in [-0.1, -0.05) is 25.5 Å². The minimum absolute atomic E-state index is 0.619. The first kappa shape index (κ1) is 11.1. The zero-order chi connectivity index (χ0) is 10.1. The minimum atomic E-state index is 0.619. The van der Waals surface area contributed by atoms with E-state index >= 15 is 0 Å². The van der Waals surface area contributed by atoms with Crippen LogP contribution in [0.2, 0.25) is 0 Å². The van der Waals surface area contributed by atoms with Gasteiger partial charge in [0.05, 0.1) is 6.61 Å². The normalized spacial score (nSPS) is 10.1. The fourth-order valence-electron chi connectivity index (χ4n) is 1.03. The van der Waals surface area contributed by atoms with Gasteiger partial charge in [0.1, 0.15) is 12.4 Å². The van der Waals surface area contributed by atoms with E-state index in [4.69, 9.17) is 9.47 Å². The Bertz CT molecular complexity index is 221. The van der Waals surface area contributed by atoms with E-state index in [0.717, 1.165) is 18.8 Å². The summed E-state index contributed by atoms with van der Waals surface area (Å²) in [5.74, 6) is 0.878. The maximum Gasteiger partial charge on any atom is 0.119 e. The molecule has 77 valence electrons. The van der Waals surface area contributed by atoms with Gasteiger partial charge in [-0.15, -0.1) is 0 Å². The lowest BCUT2D eigenvalue weighted by Crippen LogP contribution is -2.07. The predicted octanol–water partition coefficient (Wildman–Crippen LogP) is 2.68. The van der Waals surface area contributed by atoms with Crippen molar-refractivity contribution in [3.8, 4) is 5.75 Å². The molecule has 0 fully saturated rings. The van der Waals surface area contributed by atoms with E-state index < -0.39 is 0 Å². The Kier molecular flexibility index (Phi) is 5.84. The molecule has 1 radical (unpaired) electrons. The Labute approximate surface area is 85.8 Å². The van der Waals surface area contributed by atoms with Crippen molar-refractivity contribution in [1.82, 2.24) is 0 Å². The van der Waals surface area contributed by atoms with E-state index in [1.165, 1.54) is 6.42 Å². The maximum absolute atomic E-state index is 5.44. The molecule has 1 rings (SSSR count). The standard InChI is InChI=1S/C12H17O2/c1-2-3-9-13-10-11-14-12-7-5-4-6-8-12/h5-8H,2-3,9-11H2,1H3. The van der Waals surface area contributed by atoms with Crippen molar-refractivity contribution in [3.05, 3.63) is 30.3 Å². The summed E-state index contributed by atoms with van der Waals surface area (Å²) in [6, 6.07) is 10.4. The van der Waals surface area contributed by atoms with E-state index in [2.05, 4.69) is 13.0 Å². The van der Waals surface area contributed by atoms with Crippen molar-refractivity contribution < 1.29 is 9.47 Å². The first-order valence-electron chi connectivity index (χ1n) is 5.10. The van der Waals surface area contributed by atoms with Gasteiger partial charge >= 0.3 is 0 Å².